The van der Waals surface area contributed by atoms with Gasteiger partial charge in [-0.15, -0.1) is 11.3 Å². The highest BCUT2D eigenvalue weighted by atomic mass is 32.1. The van der Waals surface area contributed by atoms with Crippen LogP contribution in [0.1, 0.15) is 27.4 Å². The standard InChI is InChI=1S/C19H18N4OS/c1-13-3-4-14(2)23(13)17-7-5-15(6-8-17)18(24)20-11-16-12-22-9-10-25-19(22)21-16/h3-10,12H,11H2,1-2H3,(H,20,24). The molecule has 0 atom stereocenters. The van der Waals surface area contributed by atoms with E-state index in [1.54, 1.807) is 11.3 Å². The number of nitrogens with one attached hydrogen (secondary N) is 1. The lowest BCUT2D eigenvalue weighted by molar-refractivity contribution is 0.0950. The molecule has 25 heavy (non-hydrogen) atoms. The summed E-state index contributed by atoms with van der Waals surface area (Å²) in [6.45, 7) is 4.57. The zero-order valence-electron chi connectivity index (χ0n) is 14.1. The van der Waals surface area contributed by atoms with E-state index in [1.807, 2.05) is 46.4 Å². The lowest BCUT2D eigenvalue weighted by Gasteiger charge is -2.10. The third-order valence-electron chi connectivity index (χ3n) is 4.23. The molecule has 0 saturated carbocycles. The van der Waals surface area contributed by atoms with Gasteiger partial charge < -0.3 is 9.88 Å². The van der Waals surface area contributed by atoms with Gasteiger partial charge >= 0.3 is 0 Å². The number of nitrogens with zero attached hydrogens (tertiary/aromatic N) is 3. The normalized spacial score (nSPS) is 11.1. The van der Waals surface area contributed by atoms with Crippen molar-refractivity contribution in [2.75, 3.05) is 0 Å². The predicted octanol–water partition coefficient (Wildman–Crippen LogP) is 3.73. The van der Waals surface area contributed by atoms with E-state index in [0.717, 1.165) is 16.3 Å². The first kappa shape index (κ1) is 15.7. The molecule has 1 aromatic carbocycles. The molecular weight excluding hydrogens is 332 g/mol. The number of carbonyl (C=O) groups is 1. The minimum atomic E-state index is -0.0937. The number of aryl methyl sites for hydroxylation is 2. The lowest BCUT2D eigenvalue weighted by Crippen LogP contribution is -2.22. The fourth-order valence-electron chi connectivity index (χ4n) is 2.97. The number of amides is 1. The quantitative estimate of drug-likeness (QED) is 0.610. The minimum Gasteiger partial charge on any atom is -0.346 e. The van der Waals surface area contributed by atoms with Crippen LogP contribution in [0.4, 0.5) is 0 Å². The Labute approximate surface area is 149 Å². The van der Waals surface area contributed by atoms with Gasteiger partial charge in [0.2, 0.25) is 0 Å². The molecule has 6 heteroatoms. The molecule has 126 valence electrons. The Morgan fingerprint density at radius 1 is 1.12 bits per heavy atom. The van der Waals surface area contributed by atoms with E-state index >= 15 is 0 Å². The molecule has 1 N–H and O–H groups in total. The fourth-order valence-corrected chi connectivity index (χ4v) is 3.69. The third kappa shape index (κ3) is 2.96. The maximum absolute atomic E-state index is 12.4. The molecule has 3 aromatic heterocycles. The van der Waals surface area contributed by atoms with Gasteiger partial charge in [-0.3, -0.25) is 9.20 Å². The van der Waals surface area contributed by atoms with Crippen LogP contribution in [0.25, 0.3) is 10.6 Å². The van der Waals surface area contributed by atoms with E-state index in [1.165, 1.54) is 11.4 Å². The number of hydrogen-bond acceptors (Lipinski definition) is 3. The fraction of sp³-hybridized carbons (Fsp3) is 0.158. The van der Waals surface area contributed by atoms with Gasteiger partial charge in [0.15, 0.2) is 4.96 Å². The summed E-state index contributed by atoms with van der Waals surface area (Å²) in [5, 5.41) is 4.91. The van der Waals surface area contributed by atoms with Crippen LogP contribution in [0.3, 0.4) is 0 Å². The molecule has 0 aliphatic carbocycles. The molecule has 5 nitrogen and oxygen atoms in total. The van der Waals surface area contributed by atoms with E-state index in [4.69, 9.17) is 0 Å². The summed E-state index contributed by atoms with van der Waals surface area (Å²) in [7, 11) is 0. The number of rotatable bonds is 4. The molecule has 0 fully saturated rings. The van der Waals surface area contributed by atoms with E-state index in [9.17, 15) is 4.79 Å². The number of imidazole rings is 1. The van der Waals surface area contributed by atoms with E-state index in [0.29, 0.717) is 12.1 Å². The van der Waals surface area contributed by atoms with Crippen LogP contribution in [0, 0.1) is 13.8 Å². The van der Waals surface area contributed by atoms with Gasteiger partial charge in [0, 0.05) is 40.4 Å². The van der Waals surface area contributed by atoms with Crippen LogP contribution in [0.5, 0.6) is 0 Å². The molecule has 0 saturated heterocycles. The average Bonchev–Trinajstić information content (AvgIpc) is 3.28. The van der Waals surface area contributed by atoms with Crippen molar-refractivity contribution in [2.45, 2.75) is 20.4 Å². The smallest absolute Gasteiger partial charge is 0.251 e. The zero-order chi connectivity index (χ0) is 17.4. The maximum Gasteiger partial charge on any atom is 0.251 e. The Bertz CT molecular complexity index is 991. The van der Waals surface area contributed by atoms with E-state index < -0.39 is 0 Å². The molecule has 1 amide bonds. The second-order valence-electron chi connectivity index (χ2n) is 6.01. The molecule has 3 heterocycles. The highest BCUT2D eigenvalue weighted by molar-refractivity contribution is 7.15. The van der Waals surface area contributed by atoms with Gasteiger partial charge in [0.25, 0.3) is 5.91 Å². The first-order valence-corrected chi connectivity index (χ1v) is 8.94. The van der Waals surface area contributed by atoms with Crippen molar-refractivity contribution in [3.05, 3.63) is 76.8 Å². The molecule has 4 rings (SSSR count). The highest BCUT2D eigenvalue weighted by Crippen LogP contribution is 2.17. The van der Waals surface area contributed by atoms with Gasteiger partial charge in [0.05, 0.1) is 12.2 Å². The topological polar surface area (TPSA) is 51.3 Å². The molecule has 0 aliphatic rings. The van der Waals surface area contributed by atoms with Crippen molar-refractivity contribution in [3.8, 4) is 5.69 Å². The van der Waals surface area contributed by atoms with Gasteiger partial charge in [-0.2, -0.15) is 0 Å². The van der Waals surface area contributed by atoms with Crippen LogP contribution in [0.15, 0.2) is 54.2 Å². The van der Waals surface area contributed by atoms with Crippen LogP contribution < -0.4 is 5.32 Å². The van der Waals surface area contributed by atoms with Crippen LogP contribution in [-0.2, 0) is 6.54 Å². The van der Waals surface area contributed by atoms with E-state index in [-0.39, 0.29) is 5.91 Å². The lowest BCUT2D eigenvalue weighted by atomic mass is 10.2. The van der Waals surface area contributed by atoms with Crippen molar-refractivity contribution >= 4 is 22.2 Å². The van der Waals surface area contributed by atoms with Crippen molar-refractivity contribution in [3.63, 3.8) is 0 Å². The summed E-state index contributed by atoms with van der Waals surface area (Å²) >= 11 is 1.58. The molecule has 0 unspecified atom stereocenters. The summed E-state index contributed by atoms with van der Waals surface area (Å²) in [6.07, 6.45) is 3.90. The predicted molar refractivity (Wildman–Crippen MR) is 99.5 cm³/mol. The molecule has 0 bridgehead atoms. The number of carbonyl (C=O) groups excluding carboxylic acids is 1. The van der Waals surface area contributed by atoms with Crippen LogP contribution in [-0.4, -0.2) is 19.9 Å². The Balaban J connectivity index is 1.46. The first-order valence-electron chi connectivity index (χ1n) is 8.06. The highest BCUT2D eigenvalue weighted by Gasteiger charge is 2.09. The number of fused-ring (bicyclic) bond motifs is 1. The van der Waals surface area contributed by atoms with E-state index in [2.05, 4.69) is 40.8 Å². The Kier molecular flexibility index (Phi) is 3.89. The number of thiazole rings is 1. The Morgan fingerprint density at radius 2 is 1.84 bits per heavy atom. The molecular formula is C19H18N4OS. The first-order chi connectivity index (χ1) is 12.1. The summed E-state index contributed by atoms with van der Waals surface area (Å²) < 4.78 is 4.13. The SMILES string of the molecule is Cc1ccc(C)n1-c1ccc(C(=O)NCc2cn3ccsc3n2)cc1. The number of benzene rings is 1. The van der Waals surface area contributed by atoms with Gasteiger partial charge in [-0.05, 0) is 50.2 Å². The second-order valence-corrected chi connectivity index (χ2v) is 6.88. The Morgan fingerprint density at radius 3 is 2.52 bits per heavy atom. The third-order valence-corrected chi connectivity index (χ3v) is 5.00. The molecule has 0 spiro atoms. The van der Waals surface area contributed by atoms with Gasteiger partial charge in [-0.25, -0.2) is 4.98 Å². The summed E-state index contributed by atoms with van der Waals surface area (Å²) in [6, 6.07) is 11.8. The van der Waals surface area contributed by atoms with Crippen molar-refractivity contribution < 1.29 is 4.79 Å². The largest absolute Gasteiger partial charge is 0.346 e. The summed E-state index contributed by atoms with van der Waals surface area (Å²) in [5.74, 6) is -0.0937. The van der Waals surface area contributed by atoms with Crippen molar-refractivity contribution in [1.82, 2.24) is 19.3 Å². The monoisotopic (exact) mass is 350 g/mol. The van der Waals surface area contributed by atoms with Crippen molar-refractivity contribution in [1.29, 1.82) is 0 Å². The Hall–Kier alpha value is -2.86. The summed E-state index contributed by atoms with van der Waals surface area (Å²) in [5.41, 5.74) is 4.91. The van der Waals surface area contributed by atoms with Crippen molar-refractivity contribution in [2.24, 2.45) is 0 Å². The molecule has 4 aromatic rings. The van der Waals surface area contributed by atoms with Crippen LogP contribution in [0.2, 0.25) is 0 Å². The summed E-state index contributed by atoms with van der Waals surface area (Å²) in [4.78, 5) is 17.8. The van der Waals surface area contributed by atoms with Crippen LogP contribution >= 0.6 is 11.3 Å². The number of aromatic nitrogens is 3. The molecule has 0 radical (unpaired) electrons. The van der Waals surface area contributed by atoms with Gasteiger partial charge in [-0.1, -0.05) is 0 Å². The molecule has 0 aliphatic heterocycles. The number of hydrogen-bond donors (Lipinski definition) is 1. The minimum absolute atomic E-state index is 0.0937. The zero-order valence-corrected chi connectivity index (χ0v) is 14.9. The maximum atomic E-state index is 12.4. The van der Waals surface area contributed by atoms with Gasteiger partial charge in [0.1, 0.15) is 0 Å². The average molecular weight is 350 g/mol. The second kappa shape index (κ2) is 6.22.